The third kappa shape index (κ3) is 1.30. The highest BCUT2D eigenvalue weighted by Crippen LogP contribution is 2.25. The summed E-state index contributed by atoms with van der Waals surface area (Å²) >= 11 is 0. The van der Waals surface area contributed by atoms with Crippen LogP contribution in [0.25, 0.3) is 10.8 Å². The minimum atomic E-state index is 0.611. The summed E-state index contributed by atoms with van der Waals surface area (Å²) in [6.45, 7) is 3.28. The molecule has 1 heteroatoms. The third-order valence-corrected chi connectivity index (χ3v) is 2.83. The summed E-state index contributed by atoms with van der Waals surface area (Å²) < 4.78 is 0. The second-order valence-corrected chi connectivity index (χ2v) is 4.07. The lowest BCUT2D eigenvalue weighted by atomic mass is 10.0. The van der Waals surface area contributed by atoms with E-state index in [1.54, 1.807) is 0 Å². The molecule has 1 nitrogen and oxygen atoms in total. The van der Waals surface area contributed by atoms with Gasteiger partial charge in [0.25, 0.3) is 0 Å². The lowest BCUT2D eigenvalue weighted by Crippen LogP contribution is -1.84. The van der Waals surface area contributed by atoms with E-state index in [2.05, 4.69) is 48.6 Å². The fourth-order valence-electron chi connectivity index (χ4n) is 1.90. The molecule has 3 rings (SSSR count). The average molecular weight is 183 g/mol. The molecule has 14 heavy (non-hydrogen) atoms. The molecule has 2 aromatic rings. The van der Waals surface area contributed by atoms with Crippen LogP contribution in [0.2, 0.25) is 0 Å². The maximum absolute atomic E-state index is 3.33. The number of rotatable bonds is 1. The summed E-state index contributed by atoms with van der Waals surface area (Å²) in [6, 6.07) is 14.0. The molecule has 0 radical (unpaired) electrons. The summed E-state index contributed by atoms with van der Waals surface area (Å²) in [5.74, 6) is 0. The van der Waals surface area contributed by atoms with Gasteiger partial charge in [-0.3, -0.25) is 0 Å². The van der Waals surface area contributed by atoms with Crippen LogP contribution in [0.4, 0.5) is 0 Å². The lowest BCUT2D eigenvalue weighted by molar-refractivity contribution is 1.08. The average Bonchev–Trinajstić information content (AvgIpc) is 3.00. The Morgan fingerprint density at radius 2 is 1.86 bits per heavy atom. The normalized spacial score (nSPS) is 19.9. The minimum absolute atomic E-state index is 0.611. The van der Waals surface area contributed by atoms with Gasteiger partial charge in [0.15, 0.2) is 0 Å². The van der Waals surface area contributed by atoms with Gasteiger partial charge in [0.2, 0.25) is 0 Å². The molecule has 1 aliphatic rings. The van der Waals surface area contributed by atoms with Crippen molar-refractivity contribution in [2.75, 3.05) is 6.54 Å². The van der Waals surface area contributed by atoms with Crippen LogP contribution in [-0.4, -0.2) is 6.54 Å². The molecule has 1 N–H and O–H groups in total. The molecule has 0 spiro atoms. The molecule has 1 fully saturated rings. The fraction of sp³-hybridized carbons (Fsp3) is 0.231. The zero-order valence-corrected chi connectivity index (χ0v) is 8.25. The molecule has 0 unspecified atom stereocenters. The Labute approximate surface area is 83.8 Å². The molecule has 0 aromatic heterocycles. The summed E-state index contributed by atoms with van der Waals surface area (Å²) in [5.41, 5.74) is 2.75. The monoisotopic (exact) mass is 183 g/mol. The summed E-state index contributed by atoms with van der Waals surface area (Å²) in [7, 11) is 0. The Hall–Kier alpha value is -1.34. The largest absolute Gasteiger partial charge is 0.307 e. The molecule has 2 aromatic carbocycles. The van der Waals surface area contributed by atoms with E-state index in [1.165, 1.54) is 21.9 Å². The van der Waals surface area contributed by atoms with E-state index in [0.29, 0.717) is 6.04 Å². The van der Waals surface area contributed by atoms with Crippen molar-refractivity contribution in [3.63, 3.8) is 0 Å². The van der Waals surface area contributed by atoms with E-state index in [9.17, 15) is 0 Å². The first-order chi connectivity index (χ1) is 6.83. The maximum Gasteiger partial charge on any atom is 0.0447 e. The molecule has 70 valence electrons. The quantitative estimate of drug-likeness (QED) is 0.675. The summed E-state index contributed by atoms with van der Waals surface area (Å²) in [6.07, 6.45) is 0. The topological polar surface area (TPSA) is 21.9 Å². The van der Waals surface area contributed by atoms with Crippen LogP contribution in [0.3, 0.4) is 0 Å². The van der Waals surface area contributed by atoms with E-state index < -0.39 is 0 Å². The van der Waals surface area contributed by atoms with Gasteiger partial charge in [-0.05, 0) is 29.3 Å². The van der Waals surface area contributed by atoms with Crippen molar-refractivity contribution < 1.29 is 0 Å². The van der Waals surface area contributed by atoms with Gasteiger partial charge in [0, 0.05) is 12.6 Å². The van der Waals surface area contributed by atoms with Crippen molar-refractivity contribution in [1.29, 1.82) is 0 Å². The lowest BCUT2D eigenvalue weighted by Gasteiger charge is -2.02. The van der Waals surface area contributed by atoms with Crippen LogP contribution in [0.1, 0.15) is 17.2 Å². The van der Waals surface area contributed by atoms with Crippen LogP contribution in [0, 0.1) is 6.92 Å². The number of nitrogens with one attached hydrogen (secondary N) is 1. The zero-order chi connectivity index (χ0) is 9.54. The van der Waals surface area contributed by atoms with Crippen molar-refractivity contribution in [2.45, 2.75) is 13.0 Å². The number of fused-ring (bicyclic) bond motifs is 1. The van der Waals surface area contributed by atoms with Crippen LogP contribution < -0.4 is 5.32 Å². The van der Waals surface area contributed by atoms with Crippen LogP contribution in [0.5, 0.6) is 0 Å². The predicted molar refractivity (Wildman–Crippen MR) is 59.4 cm³/mol. The smallest absolute Gasteiger partial charge is 0.0447 e. The summed E-state index contributed by atoms with van der Waals surface area (Å²) in [4.78, 5) is 0. The molecule has 1 heterocycles. The van der Waals surface area contributed by atoms with Crippen molar-refractivity contribution in [3.05, 3.63) is 47.5 Å². The predicted octanol–water partition coefficient (Wildman–Crippen LogP) is 2.79. The van der Waals surface area contributed by atoms with Crippen LogP contribution >= 0.6 is 0 Å². The van der Waals surface area contributed by atoms with Crippen LogP contribution in [-0.2, 0) is 0 Å². The van der Waals surface area contributed by atoms with Gasteiger partial charge < -0.3 is 5.32 Å². The Morgan fingerprint density at radius 1 is 1.07 bits per heavy atom. The first-order valence-electron chi connectivity index (χ1n) is 5.07. The Balaban J connectivity index is 2.20. The van der Waals surface area contributed by atoms with Crippen LogP contribution in [0.15, 0.2) is 36.4 Å². The SMILES string of the molecule is Cc1ccc2ccc([C@H]3CN3)cc2c1. The standard InChI is InChI=1S/C13H13N/c1-9-2-3-10-4-5-11(13-8-14-13)7-12(10)6-9/h2-7,13-14H,8H2,1H3/t13-/m1/s1. The fourth-order valence-corrected chi connectivity index (χ4v) is 1.90. The highest BCUT2D eigenvalue weighted by molar-refractivity contribution is 5.84. The minimum Gasteiger partial charge on any atom is -0.307 e. The number of aryl methyl sites for hydroxylation is 1. The number of hydrogen-bond acceptors (Lipinski definition) is 1. The number of hydrogen-bond donors (Lipinski definition) is 1. The highest BCUT2D eigenvalue weighted by atomic mass is 15.1. The summed E-state index contributed by atoms with van der Waals surface area (Å²) in [5, 5.41) is 6.02. The molecule has 0 aliphatic carbocycles. The van der Waals surface area contributed by atoms with Gasteiger partial charge in [0.1, 0.15) is 0 Å². The third-order valence-electron chi connectivity index (χ3n) is 2.83. The van der Waals surface area contributed by atoms with E-state index in [4.69, 9.17) is 0 Å². The van der Waals surface area contributed by atoms with E-state index in [0.717, 1.165) is 6.54 Å². The van der Waals surface area contributed by atoms with Gasteiger partial charge in [-0.15, -0.1) is 0 Å². The van der Waals surface area contributed by atoms with Crippen molar-refractivity contribution in [3.8, 4) is 0 Å². The zero-order valence-electron chi connectivity index (χ0n) is 8.25. The molecule has 0 bridgehead atoms. The van der Waals surface area contributed by atoms with Gasteiger partial charge in [-0.1, -0.05) is 35.9 Å². The molecular weight excluding hydrogens is 170 g/mol. The Kier molecular flexibility index (Phi) is 1.62. The Morgan fingerprint density at radius 3 is 2.64 bits per heavy atom. The van der Waals surface area contributed by atoms with E-state index in [-0.39, 0.29) is 0 Å². The maximum atomic E-state index is 3.33. The van der Waals surface area contributed by atoms with Crippen molar-refractivity contribution >= 4 is 10.8 Å². The van der Waals surface area contributed by atoms with Gasteiger partial charge in [-0.25, -0.2) is 0 Å². The molecule has 1 aliphatic heterocycles. The number of benzene rings is 2. The Bertz CT molecular complexity index is 484. The van der Waals surface area contributed by atoms with Crippen molar-refractivity contribution in [1.82, 2.24) is 5.32 Å². The van der Waals surface area contributed by atoms with Gasteiger partial charge in [0.05, 0.1) is 0 Å². The van der Waals surface area contributed by atoms with E-state index in [1.807, 2.05) is 0 Å². The highest BCUT2D eigenvalue weighted by Gasteiger charge is 2.21. The second-order valence-electron chi connectivity index (χ2n) is 4.07. The van der Waals surface area contributed by atoms with Gasteiger partial charge >= 0.3 is 0 Å². The first kappa shape index (κ1) is 8.01. The van der Waals surface area contributed by atoms with Gasteiger partial charge in [-0.2, -0.15) is 0 Å². The molecule has 1 saturated heterocycles. The molecule has 0 amide bonds. The molecule has 0 saturated carbocycles. The molecule has 1 atom stereocenters. The first-order valence-corrected chi connectivity index (χ1v) is 5.07. The van der Waals surface area contributed by atoms with Crippen molar-refractivity contribution in [2.24, 2.45) is 0 Å². The van der Waals surface area contributed by atoms with E-state index >= 15 is 0 Å². The second kappa shape index (κ2) is 2.82. The molecular formula is C13H13N.